The van der Waals surface area contributed by atoms with Gasteiger partial charge in [0.05, 0.1) is 5.69 Å². The van der Waals surface area contributed by atoms with Gasteiger partial charge in [0, 0.05) is 11.8 Å². The molecule has 2 heterocycles. The van der Waals surface area contributed by atoms with Crippen molar-refractivity contribution < 1.29 is 4.39 Å². The Balaban J connectivity index is 2.16. The molecule has 0 unspecified atom stereocenters. The molecule has 0 bridgehead atoms. The van der Waals surface area contributed by atoms with E-state index in [9.17, 15) is 4.39 Å². The number of aromatic nitrogens is 3. The normalized spacial score (nSPS) is 11.2. The maximum atomic E-state index is 12.9. The van der Waals surface area contributed by atoms with E-state index in [-0.39, 0.29) is 5.82 Å². The van der Waals surface area contributed by atoms with E-state index in [1.54, 1.807) is 12.1 Å². The molecule has 3 rings (SSSR count). The summed E-state index contributed by atoms with van der Waals surface area (Å²) in [6.07, 6.45) is 0.673. The van der Waals surface area contributed by atoms with Gasteiger partial charge in [-0.25, -0.2) is 4.39 Å². The lowest BCUT2D eigenvalue weighted by atomic mass is 10.2. The minimum atomic E-state index is -0.240. The summed E-state index contributed by atoms with van der Waals surface area (Å²) >= 11 is 1.51. The number of halogens is 1. The Morgan fingerprint density at radius 2 is 2.00 bits per heavy atom. The third-order valence-electron chi connectivity index (χ3n) is 2.73. The summed E-state index contributed by atoms with van der Waals surface area (Å²) in [5.74, 6) is 0.601. The first-order valence-electron chi connectivity index (χ1n) is 5.57. The second-order valence-electron chi connectivity index (χ2n) is 3.90. The molecule has 0 aliphatic heterocycles. The fraction of sp³-hybridized carbons (Fsp3) is 0.167. The van der Waals surface area contributed by atoms with Crippen LogP contribution in [0.3, 0.4) is 0 Å². The maximum absolute atomic E-state index is 12.9. The van der Waals surface area contributed by atoms with Crippen LogP contribution in [0.15, 0.2) is 29.6 Å². The molecule has 0 spiro atoms. The quantitative estimate of drug-likeness (QED) is 0.786. The zero-order valence-electron chi connectivity index (χ0n) is 9.51. The van der Waals surface area contributed by atoms with Crippen LogP contribution in [0.25, 0.3) is 16.2 Å². The summed E-state index contributed by atoms with van der Waals surface area (Å²) in [5, 5.41) is 10.2. The molecule has 0 fully saturated rings. The molecule has 0 radical (unpaired) electrons. The van der Waals surface area contributed by atoms with Crippen molar-refractivity contribution in [2.24, 2.45) is 5.73 Å². The van der Waals surface area contributed by atoms with Gasteiger partial charge in [0.1, 0.15) is 11.6 Å². The van der Waals surface area contributed by atoms with E-state index in [0.29, 0.717) is 13.0 Å². The molecule has 92 valence electrons. The number of fused-ring (bicyclic) bond motifs is 1. The van der Waals surface area contributed by atoms with Crippen molar-refractivity contribution >= 4 is 16.3 Å². The van der Waals surface area contributed by atoms with Gasteiger partial charge in [-0.1, -0.05) is 0 Å². The summed E-state index contributed by atoms with van der Waals surface area (Å²) < 4.78 is 14.9. The number of hydrogen-bond acceptors (Lipinski definition) is 4. The van der Waals surface area contributed by atoms with Crippen LogP contribution < -0.4 is 5.73 Å². The van der Waals surface area contributed by atoms with E-state index in [1.807, 2.05) is 9.78 Å². The maximum Gasteiger partial charge on any atom is 0.216 e. The SMILES string of the molecule is NCCc1nnc2scc(-c3ccc(F)cc3)n12. The number of rotatable bonds is 3. The number of nitrogens with zero attached hydrogens (tertiary/aromatic N) is 3. The van der Waals surface area contributed by atoms with Gasteiger partial charge < -0.3 is 5.73 Å². The Bertz CT molecular complexity index is 671. The monoisotopic (exact) mass is 262 g/mol. The van der Waals surface area contributed by atoms with Crippen LogP contribution in [0.2, 0.25) is 0 Å². The third-order valence-corrected chi connectivity index (χ3v) is 3.54. The molecular weight excluding hydrogens is 251 g/mol. The summed E-state index contributed by atoms with van der Waals surface area (Å²) in [5.41, 5.74) is 7.48. The van der Waals surface area contributed by atoms with Crippen molar-refractivity contribution in [3.8, 4) is 11.3 Å². The Hall–Kier alpha value is -1.79. The van der Waals surface area contributed by atoms with E-state index in [0.717, 1.165) is 22.0 Å². The van der Waals surface area contributed by atoms with Crippen molar-refractivity contribution in [2.75, 3.05) is 6.54 Å². The van der Waals surface area contributed by atoms with Gasteiger partial charge in [-0.15, -0.1) is 21.5 Å². The van der Waals surface area contributed by atoms with E-state index < -0.39 is 0 Å². The highest BCUT2D eigenvalue weighted by Gasteiger charge is 2.12. The van der Waals surface area contributed by atoms with Crippen molar-refractivity contribution in [3.05, 3.63) is 41.3 Å². The van der Waals surface area contributed by atoms with Gasteiger partial charge in [0.15, 0.2) is 0 Å². The topological polar surface area (TPSA) is 56.2 Å². The minimum absolute atomic E-state index is 0.240. The fourth-order valence-corrected chi connectivity index (χ4v) is 2.74. The van der Waals surface area contributed by atoms with Gasteiger partial charge in [-0.3, -0.25) is 4.40 Å². The molecule has 1 aromatic carbocycles. The predicted octanol–water partition coefficient (Wildman–Crippen LogP) is 2.10. The summed E-state index contributed by atoms with van der Waals surface area (Å²) in [6.45, 7) is 0.527. The largest absolute Gasteiger partial charge is 0.330 e. The predicted molar refractivity (Wildman–Crippen MR) is 69.0 cm³/mol. The van der Waals surface area contributed by atoms with Gasteiger partial charge in [-0.05, 0) is 36.4 Å². The number of thiazole rings is 1. The molecule has 18 heavy (non-hydrogen) atoms. The van der Waals surface area contributed by atoms with Crippen LogP contribution in [0.1, 0.15) is 5.82 Å². The molecule has 0 aliphatic carbocycles. The average molecular weight is 262 g/mol. The first-order chi connectivity index (χ1) is 8.79. The Morgan fingerprint density at radius 1 is 1.22 bits per heavy atom. The van der Waals surface area contributed by atoms with Crippen LogP contribution in [0, 0.1) is 5.82 Å². The summed E-state index contributed by atoms with van der Waals surface area (Å²) in [6, 6.07) is 6.41. The van der Waals surface area contributed by atoms with Crippen molar-refractivity contribution in [1.29, 1.82) is 0 Å². The molecule has 0 saturated heterocycles. The van der Waals surface area contributed by atoms with E-state index >= 15 is 0 Å². The molecule has 0 amide bonds. The van der Waals surface area contributed by atoms with E-state index in [4.69, 9.17) is 5.73 Å². The zero-order valence-corrected chi connectivity index (χ0v) is 10.3. The highest BCUT2D eigenvalue weighted by molar-refractivity contribution is 7.15. The Labute approximate surface area is 107 Å². The average Bonchev–Trinajstić information content (AvgIpc) is 2.94. The molecule has 0 saturated carbocycles. The molecule has 0 aliphatic rings. The van der Waals surface area contributed by atoms with Crippen molar-refractivity contribution in [1.82, 2.24) is 14.6 Å². The fourth-order valence-electron chi connectivity index (χ4n) is 1.89. The van der Waals surface area contributed by atoms with Crippen LogP contribution in [0.5, 0.6) is 0 Å². The number of hydrogen-bond donors (Lipinski definition) is 1. The van der Waals surface area contributed by atoms with Crippen molar-refractivity contribution in [2.45, 2.75) is 6.42 Å². The second kappa shape index (κ2) is 4.47. The lowest BCUT2D eigenvalue weighted by molar-refractivity contribution is 0.628. The molecule has 3 aromatic rings. The molecule has 2 aromatic heterocycles. The van der Waals surface area contributed by atoms with Crippen molar-refractivity contribution in [3.63, 3.8) is 0 Å². The Morgan fingerprint density at radius 3 is 2.72 bits per heavy atom. The van der Waals surface area contributed by atoms with E-state index in [2.05, 4.69) is 10.2 Å². The van der Waals surface area contributed by atoms with Gasteiger partial charge in [0.2, 0.25) is 4.96 Å². The third kappa shape index (κ3) is 1.79. The van der Waals surface area contributed by atoms with Gasteiger partial charge >= 0.3 is 0 Å². The molecule has 0 atom stereocenters. The lowest BCUT2D eigenvalue weighted by Gasteiger charge is -2.02. The summed E-state index contributed by atoms with van der Waals surface area (Å²) in [7, 11) is 0. The second-order valence-corrected chi connectivity index (χ2v) is 4.74. The Kier molecular flexibility index (Phi) is 2.81. The zero-order chi connectivity index (χ0) is 12.5. The van der Waals surface area contributed by atoms with Crippen LogP contribution in [-0.2, 0) is 6.42 Å². The number of nitrogens with two attached hydrogens (primary N) is 1. The van der Waals surface area contributed by atoms with Crippen LogP contribution >= 0.6 is 11.3 Å². The van der Waals surface area contributed by atoms with Crippen LogP contribution in [-0.4, -0.2) is 21.1 Å². The van der Waals surface area contributed by atoms with Gasteiger partial charge in [-0.2, -0.15) is 0 Å². The molecule has 6 heteroatoms. The molecular formula is C12H11FN4S. The summed E-state index contributed by atoms with van der Waals surface area (Å²) in [4.78, 5) is 0.831. The smallest absolute Gasteiger partial charge is 0.216 e. The molecule has 2 N–H and O–H groups in total. The highest BCUT2D eigenvalue weighted by Crippen LogP contribution is 2.26. The highest BCUT2D eigenvalue weighted by atomic mass is 32.1. The molecule has 4 nitrogen and oxygen atoms in total. The standard InChI is InChI=1S/C12H11FN4S/c13-9-3-1-8(2-4-9)10-7-18-12-16-15-11(5-6-14)17(10)12/h1-4,7H,5-6,14H2. The van der Waals surface area contributed by atoms with E-state index in [1.165, 1.54) is 23.5 Å². The number of benzene rings is 1. The first kappa shape index (κ1) is 11.3. The first-order valence-corrected chi connectivity index (χ1v) is 6.45. The minimum Gasteiger partial charge on any atom is -0.330 e. The van der Waals surface area contributed by atoms with Crippen LogP contribution in [0.4, 0.5) is 4.39 Å². The van der Waals surface area contributed by atoms with Gasteiger partial charge in [0.25, 0.3) is 0 Å². The lowest BCUT2D eigenvalue weighted by Crippen LogP contribution is -2.06.